The molecule has 1 aromatic rings. The third-order valence-corrected chi connectivity index (χ3v) is 4.08. The van der Waals surface area contributed by atoms with E-state index in [1.54, 1.807) is 0 Å². The Labute approximate surface area is 105 Å². The first-order valence-corrected chi connectivity index (χ1v) is 6.86. The molecule has 1 heterocycles. The Kier molecular flexibility index (Phi) is 4.21. The highest BCUT2D eigenvalue weighted by Gasteiger charge is 2.24. The Morgan fingerprint density at radius 3 is 2.82 bits per heavy atom. The van der Waals surface area contributed by atoms with Gasteiger partial charge in [0.05, 0.1) is 12.7 Å². The molecule has 1 saturated carbocycles. The third kappa shape index (κ3) is 3.32. The first-order chi connectivity index (χ1) is 8.16. The minimum atomic E-state index is 0.778. The molecule has 2 atom stereocenters. The van der Waals surface area contributed by atoms with Crippen LogP contribution >= 0.6 is 0 Å². The van der Waals surface area contributed by atoms with E-state index in [9.17, 15) is 0 Å². The molecule has 0 aliphatic heterocycles. The van der Waals surface area contributed by atoms with Gasteiger partial charge in [0.15, 0.2) is 0 Å². The van der Waals surface area contributed by atoms with Crippen molar-refractivity contribution in [3.8, 4) is 0 Å². The van der Waals surface area contributed by atoms with Crippen LogP contribution in [0.15, 0.2) is 12.4 Å². The van der Waals surface area contributed by atoms with Crippen molar-refractivity contribution < 1.29 is 0 Å². The number of rotatable bonds is 4. The van der Waals surface area contributed by atoms with Gasteiger partial charge in [-0.25, -0.2) is 0 Å². The fourth-order valence-corrected chi connectivity index (χ4v) is 2.97. The van der Waals surface area contributed by atoms with E-state index in [4.69, 9.17) is 0 Å². The van der Waals surface area contributed by atoms with Crippen LogP contribution in [-0.4, -0.2) is 34.3 Å². The summed E-state index contributed by atoms with van der Waals surface area (Å²) in [5.74, 6) is 0.855. The summed E-state index contributed by atoms with van der Waals surface area (Å²) in [5.41, 5.74) is 1.25. The van der Waals surface area contributed by atoms with Crippen LogP contribution in [0.25, 0.3) is 0 Å². The van der Waals surface area contributed by atoms with E-state index in [2.05, 4.69) is 41.8 Å². The monoisotopic (exact) mass is 235 g/mol. The minimum absolute atomic E-state index is 0.778. The molecular weight excluding hydrogens is 210 g/mol. The van der Waals surface area contributed by atoms with Gasteiger partial charge in [-0.3, -0.25) is 4.68 Å². The number of likely N-dealkylation sites (N-methyl/N-ethyl adjacent to an activating group) is 1. The number of aromatic nitrogens is 2. The lowest BCUT2D eigenvalue weighted by Crippen LogP contribution is -2.40. The fraction of sp³-hybridized carbons (Fsp3) is 0.786. The quantitative estimate of drug-likeness (QED) is 0.800. The van der Waals surface area contributed by atoms with Crippen LogP contribution in [0, 0.1) is 12.8 Å². The summed E-state index contributed by atoms with van der Waals surface area (Å²) in [6.07, 6.45) is 9.65. The molecule has 3 heteroatoms. The Morgan fingerprint density at radius 2 is 2.18 bits per heavy atom. The smallest absolute Gasteiger partial charge is 0.0536 e. The molecule has 17 heavy (non-hydrogen) atoms. The SMILES string of the molecule is Cc1cnn(CCN(C)[C@H]2CCCC[C@@H]2C)c1. The molecule has 96 valence electrons. The van der Waals surface area contributed by atoms with E-state index < -0.39 is 0 Å². The maximum absolute atomic E-state index is 4.34. The highest BCUT2D eigenvalue weighted by atomic mass is 15.3. The Bertz CT molecular complexity index is 345. The van der Waals surface area contributed by atoms with Gasteiger partial charge in [0.25, 0.3) is 0 Å². The van der Waals surface area contributed by atoms with Crippen molar-refractivity contribution in [2.24, 2.45) is 5.92 Å². The predicted molar refractivity (Wildman–Crippen MR) is 71.0 cm³/mol. The van der Waals surface area contributed by atoms with Crippen molar-refractivity contribution in [1.29, 1.82) is 0 Å². The largest absolute Gasteiger partial charge is 0.301 e. The highest BCUT2D eigenvalue weighted by Crippen LogP contribution is 2.27. The standard InChI is InChI=1S/C14H25N3/c1-12-10-15-17(11-12)9-8-16(3)14-7-5-4-6-13(14)2/h10-11,13-14H,4-9H2,1-3H3/t13-,14-/m0/s1. The maximum Gasteiger partial charge on any atom is 0.0536 e. The Balaban J connectivity index is 1.82. The molecule has 0 unspecified atom stereocenters. The van der Waals surface area contributed by atoms with Crippen LogP contribution in [0.1, 0.15) is 38.2 Å². The van der Waals surface area contributed by atoms with Gasteiger partial charge in [-0.05, 0) is 38.3 Å². The number of aryl methyl sites for hydroxylation is 1. The summed E-state index contributed by atoms with van der Waals surface area (Å²) in [4.78, 5) is 2.53. The van der Waals surface area contributed by atoms with Gasteiger partial charge in [0.1, 0.15) is 0 Å². The molecule has 1 aliphatic rings. The van der Waals surface area contributed by atoms with Crippen molar-refractivity contribution in [3.05, 3.63) is 18.0 Å². The second-order valence-electron chi connectivity index (χ2n) is 5.59. The van der Waals surface area contributed by atoms with Gasteiger partial charge in [0.2, 0.25) is 0 Å². The number of hydrogen-bond acceptors (Lipinski definition) is 2. The molecular formula is C14H25N3. The van der Waals surface area contributed by atoms with E-state index in [-0.39, 0.29) is 0 Å². The predicted octanol–water partition coefficient (Wildman–Crippen LogP) is 2.70. The lowest BCUT2D eigenvalue weighted by Gasteiger charge is -2.36. The normalized spacial score (nSPS) is 25.4. The van der Waals surface area contributed by atoms with Gasteiger partial charge < -0.3 is 4.90 Å². The molecule has 0 radical (unpaired) electrons. The zero-order valence-electron chi connectivity index (χ0n) is 11.4. The van der Waals surface area contributed by atoms with E-state index >= 15 is 0 Å². The second kappa shape index (κ2) is 5.67. The summed E-state index contributed by atoms with van der Waals surface area (Å²) in [5, 5.41) is 4.34. The summed E-state index contributed by atoms with van der Waals surface area (Å²) in [6, 6.07) is 0.778. The van der Waals surface area contributed by atoms with E-state index in [1.165, 1.54) is 31.2 Å². The van der Waals surface area contributed by atoms with Gasteiger partial charge >= 0.3 is 0 Å². The molecule has 0 N–H and O–H groups in total. The highest BCUT2D eigenvalue weighted by molar-refractivity contribution is 4.99. The average Bonchev–Trinajstić information content (AvgIpc) is 2.73. The first-order valence-electron chi connectivity index (χ1n) is 6.86. The minimum Gasteiger partial charge on any atom is -0.301 e. The van der Waals surface area contributed by atoms with Crippen molar-refractivity contribution in [2.75, 3.05) is 13.6 Å². The Morgan fingerprint density at radius 1 is 1.41 bits per heavy atom. The summed E-state index contributed by atoms with van der Waals surface area (Å²) in [6.45, 7) is 6.61. The summed E-state index contributed by atoms with van der Waals surface area (Å²) in [7, 11) is 2.27. The van der Waals surface area contributed by atoms with Crippen LogP contribution in [0.2, 0.25) is 0 Å². The van der Waals surface area contributed by atoms with Crippen LogP contribution < -0.4 is 0 Å². The molecule has 1 aromatic heterocycles. The Hall–Kier alpha value is -0.830. The van der Waals surface area contributed by atoms with Crippen molar-refractivity contribution in [3.63, 3.8) is 0 Å². The van der Waals surface area contributed by atoms with Gasteiger partial charge in [-0.15, -0.1) is 0 Å². The maximum atomic E-state index is 4.34. The lowest BCUT2D eigenvalue weighted by molar-refractivity contribution is 0.134. The fourth-order valence-electron chi connectivity index (χ4n) is 2.97. The molecule has 3 nitrogen and oxygen atoms in total. The van der Waals surface area contributed by atoms with Crippen LogP contribution in [-0.2, 0) is 6.54 Å². The molecule has 0 amide bonds. The van der Waals surface area contributed by atoms with Crippen LogP contribution in [0.3, 0.4) is 0 Å². The second-order valence-corrected chi connectivity index (χ2v) is 5.59. The van der Waals surface area contributed by atoms with Crippen molar-refractivity contribution in [2.45, 2.75) is 52.1 Å². The number of nitrogens with zero attached hydrogens (tertiary/aromatic N) is 3. The van der Waals surface area contributed by atoms with Gasteiger partial charge in [-0.2, -0.15) is 5.10 Å². The van der Waals surface area contributed by atoms with E-state index in [0.717, 1.165) is 25.0 Å². The molecule has 0 aromatic carbocycles. The summed E-state index contributed by atoms with van der Waals surface area (Å²) < 4.78 is 2.05. The van der Waals surface area contributed by atoms with Crippen LogP contribution in [0.5, 0.6) is 0 Å². The number of hydrogen-bond donors (Lipinski definition) is 0. The average molecular weight is 235 g/mol. The molecule has 0 bridgehead atoms. The van der Waals surface area contributed by atoms with Crippen molar-refractivity contribution in [1.82, 2.24) is 14.7 Å². The zero-order valence-corrected chi connectivity index (χ0v) is 11.4. The molecule has 1 aliphatic carbocycles. The van der Waals surface area contributed by atoms with Crippen LogP contribution in [0.4, 0.5) is 0 Å². The topological polar surface area (TPSA) is 21.1 Å². The summed E-state index contributed by atoms with van der Waals surface area (Å²) >= 11 is 0. The third-order valence-electron chi connectivity index (χ3n) is 4.08. The van der Waals surface area contributed by atoms with E-state index in [1.807, 2.05) is 6.20 Å². The van der Waals surface area contributed by atoms with Crippen molar-refractivity contribution >= 4 is 0 Å². The molecule has 0 saturated heterocycles. The molecule has 2 rings (SSSR count). The van der Waals surface area contributed by atoms with Gasteiger partial charge in [-0.1, -0.05) is 19.8 Å². The first kappa shape index (κ1) is 12.6. The molecule has 0 spiro atoms. The molecule has 1 fully saturated rings. The van der Waals surface area contributed by atoms with E-state index in [0.29, 0.717) is 0 Å². The zero-order chi connectivity index (χ0) is 12.3. The lowest BCUT2D eigenvalue weighted by atomic mass is 9.85. The van der Waals surface area contributed by atoms with Gasteiger partial charge in [0, 0.05) is 18.8 Å².